The molecule has 0 aromatic rings. The van der Waals surface area contributed by atoms with Gasteiger partial charge in [0.15, 0.2) is 0 Å². The summed E-state index contributed by atoms with van der Waals surface area (Å²) in [4.78, 5) is 34.2. The number of hydrogen-bond acceptors (Lipinski definition) is 4. The summed E-state index contributed by atoms with van der Waals surface area (Å²) in [6.45, 7) is 1.83. The zero-order valence-corrected chi connectivity index (χ0v) is 25.8. The summed E-state index contributed by atoms with van der Waals surface area (Å²) in [6, 6.07) is 0. The second-order valence-electron chi connectivity index (χ2n) is 12.7. The van der Waals surface area contributed by atoms with E-state index in [0.717, 1.165) is 64.2 Å². The maximum Gasteiger partial charge on any atom is 0.306 e. The molecule has 0 aliphatic heterocycles. The molecular weight excluding hydrogens is 504 g/mol. The molecule has 0 radical (unpaired) electrons. The molecule has 0 amide bonds. The molecule has 2 atom stereocenters. The summed E-state index contributed by atoms with van der Waals surface area (Å²) in [7, 11) is 0. The van der Waals surface area contributed by atoms with E-state index in [1.807, 2.05) is 6.92 Å². The van der Waals surface area contributed by atoms with Gasteiger partial charge in [-0.15, -0.1) is 0 Å². The number of carboxylic acid groups (broad SMARTS) is 2. The van der Waals surface area contributed by atoms with Crippen LogP contribution in [0.25, 0.3) is 0 Å². The van der Waals surface area contributed by atoms with Gasteiger partial charge >= 0.3 is 11.9 Å². The van der Waals surface area contributed by atoms with Crippen LogP contribution in [0.15, 0.2) is 0 Å². The van der Waals surface area contributed by atoms with Crippen molar-refractivity contribution in [2.45, 2.75) is 180 Å². The van der Waals surface area contributed by atoms with Crippen LogP contribution in [-0.4, -0.2) is 39.1 Å². The molecule has 6 heteroatoms. The van der Waals surface area contributed by atoms with Crippen LogP contribution >= 0.6 is 0 Å². The highest BCUT2D eigenvalue weighted by Crippen LogP contribution is 2.34. The minimum atomic E-state index is -0.854. The van der Waals surface area contributed by atoms with Crippen molar-refractivity contribution in [1.29, 1.82) is 0 Å². The van der Waals surface area contributed by atoms with Crippen molar-refractivity contribution in [2.24, 2.45) is 17.8 Å². The van der Waals surface area contributed by atoms with Crippen LogP contribution in [0.4, 0.5) is 0 Å². The Morgan fingerprint density at radius 1 is 0.650 bits per heavy atom. The number of carbonyl (C=O) groups is 3. The third-order valence-electron chi connectivity index (χ3n) is 9.18. The van der Waals surface area contributed by atoms with Gasteiger partial charge in [0.05, 0.1) is 12.0 Å². The first-order valence-electron chi connectivity index (χ1n) is 17.0. The minimum absolute atomic E-state index is 0.0414. The second-order valence-corrected chi connectivity index (χ2v) is 12.7. The van der Waals surface area contributed by atoms with Crippen molar-refractivity contribution >= 4 is 17.7 Å². The molecular formula is C34H62O6. The number of aliphatic hydroxyl groups is 1. The van der Waals surface area contributed by atoms with E-state index in [1.54, 1.807) is 0 Å². The van der Waals surface area contributed by atoms with Crippen molar-refractivity contribution in [3.63, 3.8) is 0 Å². The highest BCUT2D eigenvalue weighted by Gasteiger charge is 2.29. The number of rotatable bonds is 27. The number of unbranched alkanes of at least 4 members (excludes halogenated alkanes) is 15. The van der Waals surface area contributed by atoms with E-state index < -0.39 is 17.9 Å². The normalized spacial score (nSPS) is 18.9. The van der Waals surface area contributed by atoms with Gasteiger partial charge in [-0.25, -0.2) is 0 Å². The number of carbonyl (C=O) groups excluding carboxylic acids is 1. The lowest BCUT2D eigenvalue weighted by Crippen LogP contribution is -2.26. The Labute approximate surface area is 245 Å². The van der Waals surface area contributed by atoms with E-state index in [1.165, 1.54) is 83.5 Å². The molecule has 1 aliphatic carbocycles. The molecule has 0 aromatic heterocycles. The Hall–Kier alpha value is -1.43. The molecule has 40 heavy (non-hydrogen) atoms. The maximum absolute atomic E-state index is 12.5. The smallest absolute Gasteiger partial charge is 0.306 e. The van der Waals surface area contributed by atoms with Crippen LogP contribution in [0.1, 0.15) is 174 Å². The molecule has 3 N–H and O–H groups in total. The maximum atomic E-state index is 12.5. The van der Waals surface area contributed by atoms with E-state index in [0.29, 0.717) is 18.8 Å². The van der Waals surface area contributed by atoms with Crippen molar-refractivity contribution in [2.75, 3.05) is 0 Å². The van der Waals surface area contributed by atoms with Gasteiger partial charge in [-0.2, -0.15) is 0 Å². The summed E-state index contributed by atoms with van der Waals surface area (Å²) < 4.78 is 0. The molecule has 0 heterocycles. The predicted molar refractivity (Wildman–Crippen MR) is 162 cm³/mol. The van der Waals surface area contributed by atoms with Crippen molar-refractivity contribution in [3.05, 3.63) is 0 Å². The number of aliphatic carboxylic acids is 2. The van der Waals surface area contributed by atoms with Gasteiger partial charge in [-0.1, -0.05) is 103 Å². The fourth-order valence-electron chi connectivity index (χ4n) is 6.29. The number of carboxylic acids is 2. The molecule has 0 aromatic carbocycles. The van der Waals surface area contributed by atoms with Gasteiger partial charge in [-0.3, -0.25) is 14.4 Å². The highest BCUT2D eigenvalue weighted by molar-refractivity contribution is 5.85. The minimum Gasteiger partial charge on any atom is -0.481 e. The number of ketones is 1. The largest absolute Gasteiger partial charge is 0.481 e. The Morgan fingerprint density at radius 2 is 1.10 bits per heavy atom. The first kappa shape index (κ1) is 36.6. The third-order valence-corrected chi connectivity index (χ3v) is 9.18. The standard InChI is InChI=1S/C34H62O6/c1-2-29(34(39)40)27-32(36)30-24-21-28(22-25-30)23-26-31(35)19-17-15-13-11-9-7-5-3-4-6-8-10-12-14-16-18-20-33(37)38/h28-31,35H,2-27H2,1H3,(H,37,38)(H,39,40). The quantitative estimate of drug-likeness (QED) is 0.0855. The molecule has 6 nitrogen and oxygen atoms in total. The number of aliphatic hydroxyl groups excluding tert-OH is 1. The van der Waals surface area contributed by atoms with Crippen LogP contribution in [0, 0.1) is 17.8 Å². The molecule has 1 aliphatic rings. The van der Waals surface area contributed by atoms with Crippen LogP contribution < -0.4 is 0 Å². The molecule has 234 valence electrons. The number of Topliss-reactive ketones (excluding diaryl/α,β-unsaturated/α-hetero) is 1. The lowest BCUT2D eigenvalue weighted by atomic mass is 9.76. The van der Waals surface area contributed by atoms with E-state index in [2.05, 4.69) is 0 Å². The molecule has 0 spiro atoms. The Morgan fingerprint density at radius 3 is 1.52 bits per heavy atom. The first-order chi connectivity index (χ1) is 19.3. The molecule has 0 saturated heterocycles. The van der Waals surface area contributed by atoms with Crippen molar-refractivity contribution in [3.8, 4) is 0 Å². The van der Waals surface area contributed by atoms with Gasteiger partial charge < -0.3 is 15.3 Å². The van der Waals surface area contributed by atoms with Gasteiger partial charge in [0, 0.05) is 18.8 Å². The lowest BCUT2D eigenvalue weighted by Gasteiger charge is -2.28. The molecule has 1 fully saturated rings. The average molecular weight is 567 g/mol. The van der Waals surface area contributed by atoms with E-state index in [9.17, 15) is 24.6 Å². The van der Waals surface area contributed by atoms with Crippen LogP contribution in [-0.2, 0) is 14.4 Å². The van der Waals surface area contributed by atoms with Crippen LogP contribution in [0.3, 0.4) is 0 Å². The first-order valence-corrected chi connectivity index (χ1v) is 17.0. The Bertz CT molecular complexity index is 655. The van der Waals surface area contributed by atoms with E-state index in [4.69, 9.17) is 5.11 Å². The van der Waals surface area contributed by atoms with Crippen LogP contribution in [0.2, 0.25) is 0 Å². The summed E-state index contributed by atoms with van der Waals surface area (Å²) in [5, 5.41) is 28.2. The second kappa shape index (κ2) is 24.2. The zero-order valence-electron chi connectivity index (χ0n) is 25.8. The SMILES string of the molecule is CCC(CC(=O)C1CCC(CCC(O)CCCCCCCCCCCCCCCCCCC(=O)O)CC1)C(=O)O. The molecule has 2 unspecified atom stereocenters. The average Bonchev–Trinajstić information content (AvgIpc) is 2.93. The number of hydrogen-bond donors (Lipinski definition) is 3. The zero-order chi connectivity index (χ0) is 29.4. The van der Waals surface area contributed by atoms with Gasteiger partial charge in [0.25, 0.3) is 0 Å². The Kier molecular flexibility index (Phi) is 22.1. The summed E-state index contributed by atoms with van der Waals surface area (Å²) in [5.41, 5.74) is 0. The Balaban J connectivity index is 1.86. The summed E-state index contributed by atoms with van der Waals surface area (Å²) >= 11 is 0. The summed E-state index contributed by atoms with van der Waals surface area (Å²) in [5.74, 6) is -1.28. The summed E-state index contributed by atoms with van der Waals surface area (Å²) in [6.07, 6.45) is 27.4. The lowest BCUT2D eigenvalue weighted by molar-refractivity contribution is -0.144. The molecule has 1 saturated carbocycles. The van der Waals surface area contributed by atoms with E-state index >= 15 is 0 Å². The topological polar surface area (TPSA) is 112 Å². The fourth-order valence-corrected chi connectivity index (χ4v) is 6.29. The highest BCUT2D eigenvalue weighted by atomic mass is 16.4. The van der Waals surface area contributed by atoms with E-state index in [-0.39, 0.29) is 24.2 Å². The predicted octanol–water partition coefficient (Wildman–Crippen LogP) is 9.11. The van der Waals surface area contributed by atoms with Gasteiger partial charge in [-0.05, 0) is 63.7 Å². The van der Waals surface area contributed by atoms with Crippen molar-refractivity contribution in [1.82, 2.24) is 0 Å². The molecule has 0 bridgehead atoms. The van der Waals surface area contributed by atoms with Crippen LogP contribution in [0.5, 0.6) is 0 Å². The monoisotopic (exact) mass is 566 g/mol. The van der Waals surface area contributed by atoms with Gasteiger partial charge in [0.1, 0.15) is 5.78 Å². The fraction of sp³-hybridized carbons (Fsp3) is 0.912. The third kappa shape index (κ3) is 19.6. The molecule has 1 rings (SSSR count). The van der Waals surface area contributed by atoms with Gasteiger partial charge in [0.2, 0.25) is 0 Å². The van der Waals surface area contributed by atoms with Crippen molar-refractivity contribution < 1.29 is 29.7 Å².